The first-order chi connectivity index (χ1) is 9.26. The summed E-state index contributed by atoms with van der Waals surface area (Å²) in [6.07, 6.45) is 0. The number of nitrogens with two attached hydrogens (primary N) is 1. The second-order valence-corrected chi connectivity index (χ2v) is 4.47. The van der Waals surface area contributed by atoms with E-state index in [2.05, 4.69) is 0 Å². The van der Waals surface area contributed by atoms with Gasteiger partial charge in [-0.15, -0.1) is 12.4 Å². The van der Waals surface area contributed by atoms with E-state index in [0.29, 0.717) is 18.9 Å². The fourth-order valence-electron chi connectivity index (χ4n) is 2.09. The Balaban J connectivity index is 0.00000147. The van der Waals surface area contributed by atoms with Crippen molar-refractivity contribution in [1.82, 2.24) is 0 Å². The molecule has 3 rings (SSSR count). The zero-order valence-electron chi connectivity index (χ0n) is 10.8. The molecule has 0 saturated carbocycles. The van der Waals surface area contributed by atoms with Gasteiger partial charge in [-0.25, -0.2) is 0 Å². The van der Waals surface area contributed by atoms with Crippen molar-refractivity contribution in [2.24, 2.45) is 5.73 Å². The topological polar surface area (TPSA) is 64.7 Å². The highest BCUT2D eigenvalue weighted by Gasteiger charge is 2.27. The summed E-state index contributed by atoms with van der Waals surface area (Å²) in [5.41, 5.74) is 8.38. The summed E-state index contributed by atoms with van der Waals surface area (Å²) in [6.45, 7) is 0.963. The molecule has 0 saturated heterocycles. The minimum Gasteiger partial charge on any atom is -0.457 e. The molecule has 6 heteroatoms. The molecule has 0 radical (unpaired) electrons. The maximum absolute atomic E-state index is 9.65. The van der Waals surface area contributed by atoms with Crippen molar-refractivity contribution in [3.05, 3.63) is 53.6 Å². The highest BCUT2D eigenvalue weighted by Crippen LogP contribution is 2.23. The summed E-state index contributed by atoms with van der Waals surface area (Å²) in [5, 5.41) is 9.65. The quantitative estimate of drug-likeness (QED) is 0.843. The van der Waals surface area contributed by atoms with Gasteiger partial charge in [0.25, 0.3) is 0 Å². The number of hydrogen-bond acceptors (Lipinski definition) is 4. The van der Waals surface area contributed by atoms with Crippen LogP contribution < -0.4 is 15.9 Å². The number of hydrogen-bond donors (Lipinski definition) is 2. The van der Waals surface area contributed by atoms with E-state index in [1.165, 1.54) is 0 Å². The minimum atomic E-state index is -0.849. The Hall–Kier alpha value is -1.53. The van der Waals surface area contributed by atoms with E-state index >= 15 is 0 Å². The molecule has 4 nitrogen and oxygen atoms in total. The molecule has 2 aromatic carbocycles. The van der Waals surface area contributed by atoms with Crippen LogP contribution >= 0.6 is 12.4 Å². The Morgan fingerprint density at radius 3 is 2.55 bits per heavy atom. The number of rotatable bonds is 3. The fourth-order valence-corrected chi connectivity index (χ4v) is 2.09. The highest BCUT2D eigenvalue weighted by atomic mass is 35.5. The molecule has 0 unspecified atom stereocenters. The van der Waals surface area contributed by atoms with Crippen LogP contribution in [0.15, 0.2) is 42.5 Å². The summed E-state index contributed by atoms with van der Waals surface area (Å²) in [4.78, 5) is 0. The van der Waals surface area contributed by atoms with E-state index in [4.69, 9.17) is 15.1 Å². The first-order valence-corrected chi connectivity index (χ1v) is 6.15. The van der Waals surface area contributed by atoms with Crippen molar-refractivity contribution in [2.75, 3.05) is 0 Å². The van der Waals surface area contributed by atoms with Crippen molar-refractivity contribution < 1.29 is 14.4 Å². The van der Waals surface area contributed by atoms with Crippen LogP contribution in [0.1, 0.15) is 11.1 Å². The molecule has 20 heavy (non-hydrogen) atoms. The van der Waals surface area contributed by atoms with Crippen LogP contribution in [-0.2, 0) is 17.8 Å². The third kappa shape index (κ3) is 2.97. The Labute approximate surface area is 124 Å². The first kappa shape index (κ1) is 14.9. The predicted octanol–water partition coefficient (Wildman–Crippen LogP) is 1.58. The zero-order chi connectivity index (χ0) is 13.2. The smallest absolute Gasteiger partial charge is 0.457 e. The van der Waals surface area contributed by atoms with Gasteiger partial charge in [-0.05, 0) is 40.9 Å². The van der Waals surface area contributed by atoms with Crippen molar-refractivity contribution in [3.63, 3.8) is 0 Å². The van der Waals surface area contributed by atoms with Gasteiger partial charge in [-0.2, -0.15) is 0 Å². The van der Waals surface area contributed by atoms with Crippen LogP contribution in [0.5, 0.6) is 11.5 Å². The lowest BCUT2D eigenvalue weighted by molar-refractivity contribution is 0.275. The SMILES string of the molecule is Cl.NCc1ccc(Oc2ccc3c(c2)B(O)OC3)cc1. The number of benzene rings is 2. The molecule has 0 aromatic heterocycles. The molecular weight excluding hydrogens is 276 g/mol. The highest BCUT2D eigenvalue weighted by molar-refractivity contribution is 6.61. The minimum absolute atomic E-state index is 0. The van der Waals surface area contributed by atoms with Gasteiger partial charge in [0.05, 0.1) is 6.61 Å². The third-order valence-corrected chi connectivity index (χ3v) is 3.17. The van der Waals surface area contributed by atoms with Crippen LogP contribution in [0.4, 0.5) is 0 Å². The van der Waals surface area contributed by atoms with Gasteiger partial charge in [0, 0.05) is 6.54 Å². The standard InChI is InChI=1S/C14H14BNO3.ClH/c16-8-10-1-4-12(5-2-10)19-13-6-3-11-9-18-15(17)14(11)7-13;/h1-7,17H,8-9,16H2;1H. The van der Waals surface area contributed by atoms with E-state index in [-0.39, 0.29) is 12.4 Å². The van der Waals surface area contributed by atoms with Crippen LogP contribution in [0.25, 0.3) is 0 Å². The largest absolute Gasteiger partial charge is 0.491 e. The Bertz CT molecular complexity index is 591. The van der Waals surface area contributed by atoms with E-state index in [0.717, 1.165) is 22.3 Å². The van der Waals surface area contributed by atoms with Gasteiger partial charge in [0.2, 0.25) is 0 Å². The summed E-state index contributed by atoms with van der Waals surface area (Å²) in [5.74, 6) is 1.43. The second-order valence-electron chi connectivity index (χ2n) is 4.47. The summed E-state index contributed by atoms with van der Waals surface area (Å²) in [7, 11) is -0.849. The van der Waals surface area contributed by atoms with E-state index in [1.54, 1.807) is 0 Å². The number of halogens is 1. The Morgan fingerprint density at radius 2 is 1.85 bits per heavy atom. The lowest BCUT2D eigenvalue weighted by Gasteiger charge is -2.08. The average molecular weight is 292 g/mol. The van der Waals surface area contributed by atoms with Gasteiger partial charge < -0.3 is 20.1 Å². The predicted molar refractivity (Wildman–Crippen MR) is 80.5 cm³/mol. The summed E-state index contributed by atoms with van der Waals surface area (Å²) < 4.78 is 10.9. The lowest BCUT2D eigenvalue weighted by atomic mass is 9.79. The fraction of sp³-hybridized carbons (Fsp3) is 0.143. The summed E-state index contributed by atoms with van der Waals surface area (Å²) >= 11 is 0. The van der Waals surface area contributed by atoms with Crippen molar-refractivity contribution in [2.45, 2.75) is 13.2 Å². The Morgan fingerprint density at radius 1 is 1.15 bits per heavy atom. The maximum atomic E-state index is 9.65. The molecule has 0 aliphatic carbocycles. The molecule has 0 spiro atoms. The van der Waals surface area contributed by atoms with E-state index < -0.39 is 7.12 Å². The molecule has 0 amide bonds. The lowest BCUT2D eigenvalue weighted by Crippen LogP contribution is -2.27. The van der Waals surface area contributed by atoms with Crippen molar-refractivity contribution in [3.8, 4) is 11.5 Å². The second kappa shape index (κ2) is 6.28. The molecule has 104 valence electrons. The van der Waals surface area contributed by atoms with Gasteiger partial charge >= 0.3 is 7.12 Å². The third-order valence-electron chi connectivity index (χ3n) is 3.17. The molecule has 2 aromatic rings. The van der Waals surface area contributed by atoms with Crippen LogP contribution in [-0.4, -0.2) is 12.1 Å². The molecular formula is C14H15BClNO3. The zero-order valence-corrected chi connectivity index (χ0v) is 11.6. The monoisotopic (exact) mass is 291 g/mol. The van der Waals surface area contributed by atoms with Gasteiger partial charge in [0.15, 0.2) is 0 Å². The Kier molecular flexibility index (Phi) is 4.67. The average Bonchev–Trinajstić information content (AvgIpc) is 2.81. The molecule has 1 aliphatic heterocycles. The van der Waals surface area contributed by atoms with Crippen LogP contribution in [0, 0.1) is 0 Å². The van der Waals surface area contributed by atoms with Gasteiger partial charge in [0.1, 0.15) is 11.5 Å². The number of fused-ring (bicyclic) bond motifs is 1. The van der Waals surface area contributed by atoms with E-state index in [9.17, 15) is 5.02 Å². The van der Waals surface area contributed by atoms with Gasteiger partial charge in [-0.1, -0.05) is 18.2 Å². The molecule has 3 N–H and O–H groups in total. The van der Waals surface area contributed by atoms with Gasteiger partial charge in [-0.3, -0.25) is 0 Å². The van der Waals surface area contributed by atoms with Crippen LogP contribution in [0.3, 0.4) is 0 Å². The maximum Gasteiger partial charge on any atom is 0.491 e. The molecule has 1 aliphatic rings. The molecule has 0 bridgehead atoms. The molecule has 0 fully saturated rings. The molecule has 0 atom stereocenters. The van der Waals surface area contributed by atoms with Crippen LogP contribution in [0.2, 0.25) is 0 Å². The molecule has 1 heterocycles. The van der Waals surface area contributed by atoms with Crippen molar-refractivity contribution in [1.29, 1.82) is 0 Å². The first-order valence-electron chi connectivity index (χ1n) is 6.15. The number of ether oxygens (including phenoxy) is 1. The van der Waals surface area contributed by atoms with E-state index in [1.807, 2.05) is 42.5 Å². The van der Waals surface area contributed by atoms with Crippen molar-refractivity contribution >= 4 is 25.0 Å². The normalized spacial score (nSPS) is 12.8. The summed E-state index contributed by atoms with van der Waals surface area (Å²) in [6, 6.07) is 13.2.